The highest BCUT2D eigenvalue weighted by Crippen LogP contribution is 2.61. The van der Waals surface area contributed by atoms with Crippen LogP contribution in [0.2, 0.25) is 0 Å². The summed E-state index contributed by atoms with van der Waals surface area (Å²) in [6.45, 7) is 0. The average molecular weight is 511 g/mol. The summed E-state index contributed by atoms with van der Waals surface area (Å²) in [6.07, 6.45) is 8.79. The zero-order chi connectivity index (χ0) is 26.2. The maximum Gasteiger partial charge on any atom is 0.416 e. The van der Waals surface area contributed by atoms with E-state index >= 15 is 0 Å². The Labute approximate surface area is 216 Å². The molecule has 4 fully saturated rings. The maximum atomic E-state index is 13.2. The van der Waals surface area contributed by atoms with Crippen LogP contribution in [-0.4, -0.2) is 18.2 Å². The number of rotatable bonds is 8. The van der Waals surface area contributed by atoms with E-state index in [9.17, 15) is 18.0 Å². The molecule has 37 heavy (non-hydrogen) atoms. The summed E-state index contributed by atoms with van der Waals surface area (Å²) < 4.78 is 45.5. The second-order valence-electron chi connectivity index (χ2n) is 11.2. The zero-order valence-electron chi connectivity index (χ0n) is 21.1. The van der Waals surface area contributed by atoms with Gasteiger partial charge in [0.2, 0.25) is 0 Å². The molecular weight excluding hydrogens is 477 g/mol. The molecule has 0 amide bonds. The molecule has 0 radical (unpaired) electrons. The number of carbonyl (C=O) groups is 1. The van der Waals surface area contributed by atoms with E-state index in [4.69, 9.17) is 9.84 Å². The third-order valence-electron chi connectivity index (χ3n) is 8.60. The highest BCUT2D eigenvalue weighted by Gasteiger charge is 2.52. The Hall–Kier alpha value is -3.02. The maximum absolute atomic E-state index is 13.2. The van der Waals surface area contributed by atoms with Crippen molar-refractivity contribution in [1.29, 1.82) is 0 Å². The number of carboxylic acids is 1. The van der Waals surface area contributed by atoms with Crippen LogP contribution in [0, 0.1) is 17.8 Å². The van der Waals surface area contributed by atoms with E-state index in [1.165, 1.54) is 56.2 Å². The second kappa shape index (κ2) is 10.0. The monoisotopic (exact) mass is 510 g/mol. The number of aryl methyl sites for hydroxylation is 1. The summed E-state index contributed by atoms with van der Waals surface area (Å²) in [6, 6.07) is 11.5. The van der Waals surface area contributed by atoms with Crippen molar-refractivity contribution in [2.45, 2.75) is 63.0 Å². The highest BCUT2D eigenvalue weighted by molar-refractivity contribution is 5.85. The molecule has 6 rings (SSSR count). The molecule has 0 saturated heterocycles. The molecule has 2 aromatic carbocycles. The molecule has 2 aromatic rings. The Morgan fingerprint density at radius 2 is 1.70 bits per heavy atom. The van der Waals surface area contributed by atoms with E-state index in [2.05, 4.69) is 18.2 Å². The van der Waals surface area contributed by atoms with Crippen LogP contribution >= 0.6 is 0 Å². The van der Waals surface area contributed by atoms with E-state index in [0.29, 0.717) is 24.0 Å². The third-order valence-corrected chi connectivity index (χ3v) is 8.60. The predicted octanol–water partition coefficient (Wildman–Crippen LogP) is 7.84. The van der Waals surface area contributed by atoms with Crippen LogP contribution in [0.1, 0.15) is 67.2 Å². The molecule has 6 heteroatoms. The Kier molecular flexibility index (Phi) is 6.95. The van der Waals surface area contributed by atoms with Gasteiger partial charge in [0.15, 0.2) is 0 Å². The molecule has 4 bridgehead atoms. The Balaban J connectivity index is 1.36. The normalized spacial score (nSPS) is 27.1. The minimum Gasteiger partial charge on any atom is -0.496 e. The molecule has 0 spiro atoms. The third kappa shape index (κ3) is 5.48. The largest absolute Gasteiger partial charge is 0.496 e. The quantitative estimate of drug-likeness (QED) is 0.291. The van der Waals surface area contributed by atoms with Crippen molar-refractivity contribution in [2.75, 3.05) is 7.11 Å². The predicted molar refractivity (Wildman–Crippen MR) is 137 cm³/mol. The summed E-state index contributed by atoms with van der Waals surface area (Å²) in [5.41, 5.74) is 2.68. The smallest absolute Gasteiger partial charge is 0.416 e. The SMILES string of the molecule is COc1cc(CCC=C(C=CC(=O)O)c2cccc(C(F)(F)F)c2)ccc1C12CC3CC(CC(C3)C1)C2. The molecule has 0 heterocycles. The molecule has 196 valence electrons. The number of methoxy groups -OCH3 is 1. The highest BCUT2D eigenvalue weighted by atomic mass is 19.4. The first kappa shape index (κ1) is 25.6. The summed E-state index contributed by atoms with van der Waals surface area (Å²) in [4.78, 5) is 11.1. The molecule has 0 unspecified atom stereocenters. The van der Waals surface area contributed by atoms with Crippen molar-refractivity contribution < 1.29 is 27.8 Å². The lowest BCUT2D eigenvalue weighted by Crippen LogP contribution is -2.48. The van der Waals surface area contributed by atoms with E-state index in [-0.39, 0.29) is 5.41 Å². The summed E-state index contributed by atoms with van der Waals surface area (Å²) in [5.74, 6) is 2.31. The van der Waals surface area contributed by atoms with Crippen LogP contribution in [0.15, 0.2) is 60.7 Å². The van der Waals surface area contributed by atoms with Gasteiger partial charge >= 0.3 is 12.1 Å². The Morgan fingerprint density at radius 1 is 1.03 bits per heavy atom. The van der Waals surface area contributed by atoms with Crippen LogP contribution in [-0.2, 0) is 22.8 Å². The topological polar surface area (TPSA) is 46.5 Å². The summed E-state index contributed by atoms with van der Waals surface area (Å²) in [7, 11) is 1.73. The van der Waals surface area contributed by atoms with Gasteiger partial charge < -0.3 is 9.84 Å². The van der Waals surface area contributed by atoms with E-state index in [0.717, 1.165) is 47.3 Å². The van der Waals surface area contributed by atoms with E-state index in [1.54, 1.807) is 19.3 Å². The van der Waals surface area contributed by atoms with Gasteiger partial charge in [-0.3, -0.25) is 0 Å². The van der Waals surface area contributed by atoms with Crippen LogP contribution in [0.25, 0.3) is 5.57 Å². The number of ether oxygens (including phenoxy) is 1. The number of hydrogen-bond donors (Lipinski definition) is 1. The molecule has 4 aliphatic rings. The van der Waals surface area contributed by atoms with Crippen LogP contribution in [0.4, 0.5) is 13.2 Å². The number of halogens is 3. The fraction of sp³-hybridized carbons (Fsp3) is 0.452. The van der Waals surface area contributed by atoms with Gasteiger partial charge in [0.1, 0.15) is 5.75 Å². The fourth-order valence-electron chi connectivity index (χ4n) is 7.48. The average Bonchev–Trinajstić information content (AvgIpc) is 2.84. The van der Waals surface area contributed by atoms with Crippen molar-refractivity contribution in [2.24, 2.45) is 17.8 Å². The first-order valence-corrected chi connectivity index (χ1v) is 13.1. The minimum atomic E-state index is -4.47. The van der Waals surface area contributed by atoms with Crippen molar-refractivity contribution in [3.8, 4) is 5.75 Å². The van der Waals surface area contributed by atoms with Crippen molar-refractivity contribution in [3.05, 3.63) is 82.9 Å². The first-order chi connectivity index (χ1) is 17.6. The molecule has 0 aliphatic heterocycles. The fourth-order valence-corrected chi connectivity index (χ4v) is 7.48. The lowest BCUT2D eigenvalue weighted by Gasteiger charge is -2.57. The second-order valence-corrected chi connectivity index (χ2v) is 11.2. The van der Waals surface area contributed by atoms with Gasteiger partial charge in [0, 0.05) is 11.6 Å². The Morgan fingerprint density at radius 3 is 2.30 bits per heavy atom. The van der Waals surface area contributed by atoms with Gasteiger partial charge in [-0.25, -0.2) is 4.79 Å². The van der Waals surface area contributed by atoms with Gasteiger partial charge in [-0.15, -0.1) is 0 Å². The molecule has 1 N–H and O–H groups in total. The number of alkyl halides is 3. The standard InChI is InChI=1S/C31H33F3O3/c1-37-28-15-20(8-10-27(28)30-17-21-12-22(18-30)14-23(13-21)19-30)4-2-5-24(9-11-29(35)36)25-6-3-7-26(16-25)31(32,33)34/h3,5-11,15-16,21-23H,2,4,12-14,17-19H2,1H3,(H,35,36). The van der Waals surface area contributed by atoms with E-state index < -0.39 is 17.7 Å². The van der Waals surface area contributed by atoms with Crippen LogP contribution < -0.4 is 4.74 Å². The van der Waals surface area contributed by atoms with Gasteiger partial charge in [-0.1, -0.05) is 30.3 Å². The van der Waals surface area contributed by atoms with Crippen molar-refractivity contribution >= 4 is 11.5 Å². The minimum absolute atomic E-state index is 0.233. The Bertz CT molecular complexity index is 1190. The van der Waals surface area contributed by atoms with Gasteiger partial charge in [0.25, 0.3) is 0 Å². The van der Waals surface area contributed by atoms with E-state index in [1.807, 2.05) is 0 Å². The molecular formula is C31H33F3O3. The lowest BCUT2D eigenvalue weighted by molar-refractivity contribution is -0.137. The summed E-state index contributed by atoms with van der Waals surface area (Å²) >= 11 is 0. The van der Waals surface area contributed by atoms with Gasteiger partial charge in [0.05, 0.1) is 12.7 Å². The summed E-state index contributed by atoms with van der Waals surface area (Å²) in [5, 5.41) is 9.06. The van der Waals surface area contributed by atoms with Gasteiger partial charge in [-0.2, -0.15) is 13.2 Å². The van der Waals surface area contributed by atoms with Crippen LogP contribution in [0.3, 0.4) is 0 Å². The van der Waals surface area contributed by atoms with Crippen LogP contribution in [0.5, 0.6) is 5.75 Å². The van der Waals surface area contributed by atoms with Gasteiger partial charge in [-0.05, 0) is 116 Å². The molecule has 0 aromatic heterocycles. The number of benzene rings is 2. The number of hydrogen-bond acceptors (Lipinski definition) is 2. The number of carboxylic acid groups (broad SMARTS) is 1. The molecule has 4 aliphatic carbocycles. The number of allylic oxidation sites excluding steroid dienone is 3. The lowest BCUT2D eigenvalue weighted by atomic mass is 9.48. The number of aliphatic carboxylic acids is 1. The first-order valence-electron chi connectivity index (χ1n) is 13.1. The van der Waals surface area contributed by atoms with Crippen molar-refractivity contribution in [1.82, 2.24) is 0 Å². The van der Waals surface area contributed by atoms with Crippen molar-refractivity contribution in [3.63, 3.8) is 0 Å². The molecule has 3 nitrogen and oxygen atoms in total. The molecule has 0 atom stereocenters. The molecule has 4 saturated carbocycles. The zero-order valence-corrected chi connectivity index (χ0v) is 21.1.